The van der Waals surface area contributed by atoms with E-state index in [-0.39, 0.29) is 5.88 Å². The van der Waals surface area contributed by atoms with Gasteiger partial charge in [0.1, 0.15) is 7.05 Å². The quantitative estimate of drug-likeness (QED) is 0.778. The van der Waals surface area contributed by atoms with E-state index in [9.17, 15) is 5.11 Å². The van der Waals surface area contributed by atoms with Gasteiger partial charge in [-0.05, 0) is 6.07 Å². The largest absolute Gasteiger partial charge is 0.493 e. The van der Waals surface area contributed by atoms with Gasteiger partial charge in [0.15, 0.2) is 17.7 Å². The Balaban J connectivity index is 2.78. The Morgan fingerprint density at radius 3 is 2.38 bits per heavy atom. The van der Waals surface area contributed by atoms with Crippen molar-refractivity contribution >= 4 is 10.8 Å². The van der Waals surface area contributed by atoms with Crippen molar-refractivity contribution < 1.29 is 19.1 Å². The third-order valence-electron chi connectivity index (χ3n) is 2.61. The number of aryl methyl sites for hydroxylation is 1. The van der Waals surface area contributed by atoms with Gasteiger partial charge in [0.05, 0.1) is 19.6 Å². The van der Waals surface area contributed by atoms with Crippen molar-refractivity contribution in [3.8, 4) is 17.4 Å². The van der Waals surface area contributed by atoms with Crippen LogP contribution < -0.4 is 14.0 Å². The summed E-state index contributed by atoms with van der Waals surface area (Å²) in [6.45, 7) is 0. The fourth-order valence-corrected chi connectivity index (χ4v) is 1.68. The van der Waals surface area contributed by atoms with Crippen LogP contribution in [0.25, 0.3) is 10.8 Å². The first kappa shape index (κ1) is 10.5. The zero-order chi connectivity index (χ0) is 11.7. The molecule has 0 amide bonds. The molecule has 1 aromatic carbocycles. The number of ether oxygens (including phenoxy) is 2. The summed E-state index contributed by atoms with van der Waals surface area (Å²) < 4.78 is 12.0. The number of rotatable bonds is 2. The molecule has 4 nitrogen and oxygen atoms in total. The molecule has 16 heavy (non-hydrogen) atoms. The summed E-state index contributed by atoms with van der Waals surface area (Å²) in [5.74, 6) is 1.47. The van der Waals surface area contributed by atoms with Crippen molar-refractivity contribution in [2.75, 3.05) is 14.2 Å². The van der Waals surface area contributed by atoms with Crippen LogP contribution in [0.15, 0.2) is 24.4 Å². The van der Waals surface area contributed by atoms with E-state index in [1.165, 1.54) is 0 Å². The van der Waals surface area contributed by atoms with Crippen molar-refractivity contribution in [2.24, 2.45) is 7.05 Å². The Labute approximate surface area is 93.7 Å². The Morgan fingerprint density at radius 1 is 1.12 bits per heavy atom. The third kappa shape index (κ3) is 1.52. The lowest BCUT2D eigenvalue weighted by molar-refractivity contribution is -0.676. The first-order valence-electron chi connectivity index (χ1n) is 4.90. The molecule has 0 spiro atoms. The minimum absolute atomic E-state index is 0.207. The topological polar surface area (TPSA) is 42.6 Å². The Morgan fingerprint density at radius 2 is 1.75 bits per heavy atom. The highest BCUT2D eigenvalue weighted by Gasteiger charge is 2.14. The number of hydrogen-bond donors (Lipinski definition) is 1. The molecule has 0 bridgehead atoms. The number of hydrogen-bond acceptors (Lipinski definition) is 3. The van der Waals surface area contributed by atoms with Gasteiger partial charge >= 0.3 is 5.88 Å². The first-order chi connectivity index (χ1) is 7.67. The van der Waals surface area contributed by atoms with Gasteiger partial charge in [-0.15, -0.1) is 0 Å². The number of aromatic hydroxyl groups is 1. The van der Waals surface area contributed by atoms with Crippen molar-refractivity contribution in [1.82, 2.24) is 0 Å². The second kappa shape index (κ2) is 3.89. The van der Waals surface area contributed by atoms with Crippen LogP contribution in [0, 0.1) is 0 Å². The molecule has 0 aliphatic heterocycles. The van der Waals surface area contributed by atoms with Crippen LogP contribution in [0.4, 0.5) is 0 Å². The van der Waals surface area contributed by atoms with Crippen molar-refractivity contribution in [1.29, 1.82) is 0 Å². The number of benzene rings is 1. The fourth-order valence-electron chi connectivity index (χ4n) is 1.68. The van der Waals surface area contributed by atoms with Crippen LogP contribution in [0.3, 0.4) is 0 Å². The second-order valence-corrected chi connectivity index (χ2v) is 3.54. The lowest BCUT2D eigenvalue weighted by Crippen LogP contribution is -2.27. The molecular formula is C12H14NO3+. The van der Waals surface area contributed by atoms with Gasteiger partial charge in [0.25, 0.3) is 0 Å². The SMILES string of the molecule is COc1cc2cc[n+](C)c(O)c2cc1OC. The number of pyridine rings is 1. The molecule has 2 rings (SSSR count). The summed E-state index contributed by atoms with van der Waals surface area (Å²) in [6.07, 6.45) is 1.80. The predicted octanol–water partition coefficient (Wildman–Crippen LogP) is 1.39. The Bertz CT molecular complexity index is 537. The lowest BCUT2D eigenvalue weighted by atomic mass is 10.1. The molecule has 0 fully saturated rings. The number of aromatic nitrogens is 1. The maximum Gasteiger partial charge on any atom is 0.373 e. The molecule has 1 N–H and O–H groups in total. The van der Waals surface area contributed by atoms with E-state index < -0.39 is 0 Å². The van der Waals surface area contributed by atoms with E-state index in [0.29, 0.717) is 11.5 Å². The number of fused-ring (bicyclic) bond motifs is 1. The Kier molecular flexibility index (Phi) is 2.56. The molecule has 2 aromatic rings. The summed E-state index contributed by atoms with van der Waals surface area (Å²) in [4.78, 5) is 0. The highest BCUT2D eigenvalue weighted by atomic mass is 16.5. The molecule has 1 aromatic heterocycles. The van der Waals surface area contributed by atoms with E-state index in [0.717, 1.165) is 10.8 Å². The minimum atomic E-state index is 0.207. The second-order valence-electron chi connectivity index (χ2n) is 3.54. The van der Waals surface area contributed by atoms with Crippen molar-refractivity contribution in [3.63, 3.8) is 0 Å². The van der Waals surface area contributed by atoms with E-state index in [2.05, 4.69) is 0 Å². The summed E-state index contributed by atoms with van der Waals surface area (Å²) in [5, 5.41) is 11.6. The molecule has 0 radical (unpaired) electrons. The van der Waals surface area contributed by atoms with Crippen LogP contribution in [0.5, 0.6) is 17.4 Å². The molecule has 84 valence electrons. The van der Waals surface area contributed by atoms with E-state index in [1.54, 1.807) is 38.1 Å². The first-order valence-corrected chi connectivity index (χ1v) is 4.90. The minimum Gasteiger partial charge on any atom is -0.493 e. The smallest absolute Gasteiger partial charge is 0.373 e. The molecule has 0 saturated heterocycles. The van der Waals surface area contributed by atoms with Crippen LogP contribution in [0.1, 0.15) is 0 Å². The van der Waals surface area contributed by atoms with Gasteiger partial charge in [0, 0.05) is 17.5 Å². The van der Waals surface area contributed by atoms with Crippen LogP contribution in [-0.4, -0.2) is 19.3 Å². The number of nitrogens with zero attached hydrogens (tertiary/aromatic N) is 1. The Hall–Kier alpha value is -1.97. The molecule has 0 atom stereocenters. The van der Waals surface area contributed by atoms with E-state index >= 15 is 0 Å². The molecular weight excluding hydrogens is 206 g/mol. The maximum absolute atomic E-state index is 9.91. The van der Waals surface area contributed by atoms with Crippen LogP contribution in [-0.2, 0) is 7.05 Å². The van der Waals surface area contributed by atoms with Gasteiger partial charge in [-0.25, -0.2) is 0 Å². The predicted molar refractivity (Wildman–Crippen MR) is 59.9 cm³/mol. The highest BCUT2D eigenvalue weighted by molar-refractivity contribution is 5.88. The van der Waals surface area contributed by atoms with Crippen LogP contribution in [0.2, 0.25) is 0 Å². The molecule has 0 aliphatic rings. The zero-order valence-corrected chi connectivity index (χ0v) is 9.52. The monoisotopic (exact) mass is 220 g/mol. The summed E-state index contributed by atoms with van der Waals surface area (Å²) >= 11 is 0. The average Bonchev–Trinajstić information content (AvgIpc) is 2.32. The van der Waals surface area contributed by atoms with Gasteiger partial charge in [0.2, 0.25) is 0 Å². The molecule has 0 unspecified atom stereocenters. The fraction of sp³-hybridized carbons (Fsp3) is 0.250. The average molecular weight is 220 g/mol. The summed E-state index contributed by atoms with van der Waals surface area (Å²) in [5.41, 5.74) is 0. The normalized spacial score (nSPS) is 10.4. The van der Waals surface area contributed by atoms with Gasteiger partial charge in [-0.1, -0.05) is 0 Å². The van der Waals surface area contributed by atoms with E-state index in [1.807, 2.05) is 12.1 Å². The summed E-state index contributed by atoms with van der Waals surface area (Å²) in [7, 11) is 4.95. The van der Waals surface area contributed by atoms with Gasteiger partial charge in [-0.2, -0.15) is 4.57 Å². The molecule has 4 heteroatoms. The molecule has 0 aliphatic carbocycles. The highest BCUT2D eigenvalue weighted by Crippen LogP contribution is 2.34. The third-order valence-corrected chi connectivity index (χ3v) is 2.61. The van der Waals surface area contributed by atoms with Crippen LogP contribution >= 0.6 is 0 Å². The number of methoxy groups -OCH3 is 2. The standard InChI is InChI=1S/C12H13NO3/c1-13-5-4-8-6-10(15-2)11(16-3)7-9(8)12(13)14/h4-7H,1-3H3/p+1. The maximum atomic E-state index is 9.91. The van der Waals surface area contributed by atoms with Crippen molar-refractivity contribution in [3.05, 3.63) is 24.4 Å². The zero-order valence-electron chi connectivity index (χ0n) is 9.52. The van der Waals surface area contributed by atoms with Gasteiger partial charge in [-0.3, -0.25) is 0 Å². The summed E-state index contributed by atoms with van der Waals surface area (Å²) in [6, 6.07) is 5.52. The van der Waals surface area contributed by atoms with E-state index in [4.69, 9.17) is 9.47 Å². The molecule has 0 saturated carbocycles. The van der Waals surface area contributed by atoms with Crippen molar-refractivity contribution in [2.45, 2.75) is 0 Å². The lowest BCUT2D eigenvalue weighted by Gasteiger charge is -2.08. The molecule has 1 heterocycles. The van der Waals surface area contributed by atoms with Gasteiger partial charge < -0.3 is 14.6 Å².